The van der Waals surface area contributed by atoms with E-state index in [2.05, 4.69) is 16.9 Å². The lowest BCUT2D eigenvalue weighted by Crippen LogP contribution is -2.23. The van der Waals surface area contributed by atoms with E-state index in [0.29, 0.717) is 11.1 Å². The zero-order valence-electron chi connectivity index (χ0n) is 10.9. The SMILES string of the molecule is Cc1cnn(Cc2ccc(C#CCO)cc2F)c(=O)c1. The quantitative estimate of drug-likeness (QED) is 0.832. The van der Waals surface area contributed by atoms with Crippen molar-refractivity contribution in [3.05, 3.63) is 63.3 Å². The van der Waals surface area contributed by atoms with Crippen LogP contribution >= 0.6 is 0 Å². The second-order valence-electron chi connectivity index (χ2n) is 4.29. The standard InChI is InChI=1S/C15H13FN2O2/c1-11-7-15(20)18(17-9-11)10-13-5-4-12(3-2-6-19)8-14(13)16/h4-5,7-9,19H,6,10H2,1H3. The summed E-state index contributed by atoms with van der Waals surface area (Å²) in [6, 6.07) is 5.92. The molecule has 1 heterocycles. The Labute approximate surface area is 115 Å². The summed E-state index contributed by atoms with van der Waals surface area (Å²) in [6.45, 7) is 1.57. The first kappa shape index (κ1) is 14.0. The minimum Gasteiger partial charge on any atom is -0.384 e. The Hall–Kier alpha value is -2.45. The summed E-state index contributed by atoms with van der Waals surface area (Å²) in [5.74, 6) is 4.61. The third kappa shape index (κ3) is 3.31. The van der Waals surface area contributed by atoms with Crippen molar-refractivity contribution < 1.29 is 9.50 Å². The number of aryl methyl sites for hydroxylation is 1. The van der Waals surface area contributed by atoms with Crippen molar-refractivity contribution in [3.63, 3.8) is 0 Å². The van der Waals surface area contributed by atoms with Crippen LogP contribution in [-0.4, -0.2) is 21.5 Å². The smallest absolute Gasteiger partial charge is 0.267 e. The molecule has 0 bridgehead atoms. The van der Waals surface area contributed by atoms with Crippen LogP contribution in [0.5, 0.6) is 0 Å². The number of halogens is 1. The maximum Gasteiger partial charge on any atom is 0.267 e. The van der Waals surface area contributed by atoms with Crippen molar-refractivity contribution in [2.45, 2.75) is 13.5 Å². The average Bonchev–Trinajstić information content (AvgIpc) is 2.42. The Bertz CT molecular complexity index is 742. The molecule has 2 aromatic rings. The number of benzene rings is 1. The van der Waals surface area contributed by atoms with E-state index in [0.717, 1.165) is 5.56 Å². The molecule has 2 rings (SSSR count). The van der Waals surface area contributed by atoms with Gasteiger partial charge in [0.05, 0.1) is 12.7 Å². The van der Waals surface area contributed by atoms with Gasteiger partial charge in [0.2, 0.25) is 0 Å². The second kappa shape index (κ2) is 6.13. The van der Waals surface area contributed by atoms with E-state index in [1.807, 2.05) is 0 Å². The topological polar surface area (TPSA) is 55.1 Å². The summed E-state index contributed by atoms with van der Waals surface area (Å²) in [7, 11) is 0. The Morgan fingerprint density at radius 3 is 2.85 bits per heavy atom. The van der Waals surface area contributed by atoms with Crippen molar-refractivity contribution in [1.29, 1.82) is 0 Å². The molecule has 20 heavy (non-hydrogen) atoms. The number of rotatable bonds is 2. The monoisotopic (exact) mass is 272 g/mol. The minimum atomic E-state index is -0.455. The first-order valence-corrected chi connectivity index (χ1v) is 6.02. The number of hydrogen-bond acceptors (Lipinski definition) is 3. The van der Waals surface area contributed by atoms with E-state index in [-0.39, 0.29) is 18.7 Å². The lowest BCUT2D eigenvalue weighted by molar-refractivity contribution is 0.350. The fourth-order valence-corrected chi connectivity index (χ4v) is 1.70. The third-order valence-electron chi connectivity index (χ3n) is 2.69. The van der Waals surface area contributed by atoms with Crippen LogP contribution in [0.3, 0.4) is 0 Å². The maximum absolute atomic E-state index is 13.9. The first-order chi connectivity index (χ1) is 9.60. The maximum atomic E-state index is 13.9. The molecule has 0 aliphatic rings. The lowest BCUT2D eigenvalue weighted by atomic mass is 10.1. The van der Waals surface area contributed by atoms with Crippen LogP contribution < -0.4 is 5.56 Å². The fraction of sp³-hybridized carbons (Fsp3) is 0.200. The molecule has 0 amide bonds. The van der Waals surface area contributed by atoms with Gasteiger partial charge in [0, 0.05) is 17.2 Å². The van der Waals surface area contributed by atoms with E-state index in [1.165, 1.54) is 16.8 Å². The van der Waals surface area contributed by atoms with Crippen molar-refractivity contribution in [1.82, 2.24) is 9.78 Å². The molecule has 5 heteroatoms. The van der Waals surface area contributed by atoms with Crippen LogP contribution in [0.4, 0.5) is 4.39 Å². The van der Waals surface area contributed by atoms with Crippen molar-refractivity contribution in [3.8, 4) is 11.8 Å². The molecule has 0 atom stereocenters. The number of aliphatic hydroxyl groups is 1. The molecule has 1 aromatic carbocycles. The molecule has 0 aliphatic carbocycles. The van der Waals surface area contributed by atoms with Gasteiger partial charge in [0.15, 0.2) is 0 Å². The highest BCUT2D eigenvalue weighted by Crippen LogP contribution is 2.10. The molecule has 0 aliphatic heterocycles. The van der Waals surface area contributed by atoms with Gasteiger partial charge in [-0.3, -0.25) is 4.79 Å². The number of hydrogen-bond donors (Lipinski definition) is 1. The molecule has 1 N–H and O–H groups in total. The molecule has 0 unspecified atom stereocenters. The van der Waals surface area contributed by atoms with Crippen LogP contribution in [0.1, 0.15) is 16.7 Å². The Kier molecular flexibility index (Phi) is 4.28. The van der Waals surface area contributed by atoms with Crippen LogP contribution in [0.15, 0.2) is 35.3 Å². The van der Waals surface area contributed by atoms with Gasteiger partial charge in [-0.05, 0) is 24.6 Å². The van der Waals surface area contributed by atoms with Gasteiger partial charge in [-0.2, -0.15) is 5.10 Å². The third-order valence-corrected chi connectivity index (χ3v) is 2.69. The van der Waals surface area contributed by atoms with Gasteiger partial charge in [-0.15, -0.1) is 0 Å². The van der Waals surface area contributed by atoms with Gasteiger partial charge in [0.1, 0.15) is 12.4 Å². The summed E-state index contributed by atoms with van der Waals surface area (Å²) < 4.78 is 15.1. The predicted molar refractivity (Wildman–Crippen MR) is 72.7 cm³/mol. The summed E-state index contributed by atoms with van der Waals surface area (Å²) >= 11 is 0. The van der Waals surface area contributed by atoms with Crippen LogP contribution in [0.2, 0.25) is 0 Å². The molecule has 0 radical (unpaired) electrons. The fourth-order valence-electron chi connectivity index (χ4n) is 1.70. The first-order valence-electron chi connectivity index (χ1n) is 6.02. The van der Waals surface area contributed by atoms with E-state index >= 15 is 0 Å². The summed E-state index contributed by atoms with van der Waals surface area (Å²) in [5.41, 5.74) is 1.33. The Balaban J connectivity index is 2.28. The molecule has 102 valence electrons. The highest BCUT2D eigenvalue weighted by molar-refractivity contribution is 5.37. The van der Waals surface area contributed by atoms with Gasteiger partial charge in [-0.1, -0.05) is 17.9 Å². The summed E-state index contributed by atoms with van der Waals surface area (Å²) in [4.78, 5) is 11.7. The molecule has 1 aromatic heterocycles. The van der Waals surface area contributed by atoms with E-state index < -0.39 is 5.82 Å². The Morgan fingerprint density at radius 1 is 1.40 bits per heavy atom. The molecule has 0 saturated heterocycles. The van der Waals surface area contributed by atoms with E-state index in [1.54, 1.807) is 25.3 Å². The number of aromatic nitrogens is 2. The molecular formula is C15H13FN2O2. The molecule has 0 saturated carbocycles. The van der Waals surface area contributed by atoms with Crippen molar-refractivity contribution in [2.75, 3.05) is 6.61 Å². The van der Waals surface area contributed by atoms with Gasteiger partial charge in [-0.25, -0.2) is 9.07 Å². The molecule has 0 spiro atoms. The van der Waals surface area contributed by atoms with Crippen molar-refractivity contribution >= 4 is 0 Å². The minimum absolute atomic E-state index is 0.0681. The average molecular weight is 272 g/mol. The van der Waals surface area contributed by atoms with Crippen LogP contribution in [-0.2, 0) is 6.54 Å². The Morgan fingerprint density at radius 2 is 2.20 bits per heavy atom. The molecular weight excluding hydrogens is 259 g/mol. The highest BCUT2D eigenvalue weighted by atomic mass is 19.1. The van der Waals surface area contributed by atoms with Crippen molar-refractivity contribution in [2.24, 2.45) is 0 Å². The van der Waals surface area contributed by atoms with Crippen LogP contribution in [0.25, 0.3) is 0 Å². The zero-order valence-corrected chi connectivity index (χ0v) is 10.9. The number of aliphatic hydroxyl groups excluding tert-OH is 1. The zero-order chi connectivity index (χ0) is 14.5. The van der Waals surface area contributed by atoms with Crippen LogP contribution in [0, 0.1) is 24.6 Å². The second-order valence-corrected chi connectivity index (χ2v) is 4.29. The van der Waals surface area contributed by atoms with Gasteiger partial charge in [0.25, 0.3) is 5.56 Å². The van der Waals surface area contributed by atoms with E-state index in [4.69, 9.17) is 5.11 Å². The van der Waals surface area contributed by atoms with Gasteiger partial charge >= 0.3 is 0 Å². The lowest BCUT2D eigenvalue weighted by Gasteiger charge is -2.06. The molecule has 0 fully saturated rings. The summed E-state index contributed by atoms with van der Waals surface area (Å²) in [6.07, 6.45) is 1.56. The predicted octanol–water partition coefficient (Wildman–Crippen LogP) is 1.08. The van der Waals surface area contributed by atoms with Gasteiger partial charge < -0.3 is 5.11 Å². The largest absolute Gasteiger partial charge is 0.384 e. The number of nitrogens with zero attached hydrogens (tertiary/aromatic N) is 2. The highest BCUT2D eigenvalue weighted by Gasteiger charge is 2.06. The summed E-state index contributed by atoms with van der Waals surface area (Å²) in [5, 5.41) is 12.5. The normalized spacial score (nSPS) is 9.95. The van der Waals surface area contributed by atoms with E-state index in [9.17, 15) is 9.18 Å². The molecule has 4 nitrogen and oxygen atoms in total.